The van der Waals surface area contributed by atoms with Crippen molar-refractivity contribution >= 4 is 23.0 Å². The minimum Gasteiger partial charge on any atom is -0.362 e. The van der Waals surface area contributed by atoms with E-state index >= 15 is 0 Å². The molecular weight excluding hydrogens is 266 g/mol. The van der Waals surface area contributed by atoms with Crippen molar-refractivity contribution < 1.29 is 14.4 Å². The van der Waals surface area contributed by atoms with Crippen LogP contribution in [0.4, 0.5) is 5.69 Å². The quantitative estimate of drug-likeness (QED) is 0.682. The summed E-state index contributed by atoms with van der Waals surface area (Å²) in [4.78, 5) is 36.0. The van der Waals surface area contributed by atoms with Crippen molar-refractivity contribution in [1.29, 1.82) is 0 Å². The highest BCUT2D eigenvalue weighted by Crippen LogP contribution is 2.34. The van der Waals surface area contributed by atoms with Gasteiger partial charge >= 0.3 is 0 Å². The van der Waals surface area contributed by atoms with E-state index in [9.17, 15) is 14.4 Å². The highest BCUT2D eigenvalue weighted by Gasteiger charge is 2.42. The summed E-state index contributed by atoms with van der Waals surface area (Å²) in [6.07, 6.45) is 3.29. The molecule has 0 heterocycles. The Bertz CT molecular complexity index is 567. The molecule has 4 heteroatoms. The lowest BCUT2D eigenvalue weighted by atomic mass is 9.70. The van der Waals surface area contributed by atoms with E-state index in [1.165, 1.54) is 12.3 Å². The standard InChI is InChI=1S/C17H19NO3/c1-17(2)10-14(20)16(15(21)11-17)13(19)8-9-18-12-6-4-3-5-7-12/h3-9,16,18H,10-11H2,1-2H3/b9-8-. The van der Waals surface area contributed by atoms with Gasteiger partial charge in [-0.05, 0) is 23.6 Å². The number of hydrogen-bond acceptors (Lipinski definition) is 4. The number of anilines is 1. The Morgan fingerprint density at radius 2 is 1.71 bits per heavy atom. The molecule has 1 saturated carbocycles. The molecule has 1 N–H and O–H groups in total. The first-order chi connectivity index (χ1) is 9.89. The van der Waals surface area contributed by atoms with E-state index < -0.39 is 11.7 Å². The van der Waals surface area contributed by atoms with Crippen LogP contribution in [-0.4, -0.2) is 17.3 Å². The largest absolute Gasteiger partial charge is 0.362 e. The second-order valence-electron chi connectivity index (χ2n) is 6.13. The maximum Gasteiger partial charge on any atom is 0.175 e. The number of carbonyl (C=O) groups excluding carboxylic acids is 3. The van der Waals surface area contributed by atoms with Gasteiger partial charge in [0.05, 0.1) is 0 Å². The molecule has 0 aromatic heterocycles. The highest BCUT2D eigenvalue weighted by molar-refractivity contribution is 6.23. The Morgan fingerprint density at radius 3 is 2.29 bits per heavy atom. The van der Waals surface area contributed by atoms with Crippen LogP contribution in [0.5, 0.6) is 0 Å². The molecule has 0 bridgehead atoms. The topological polar surface area (TPSA) is 63.2 Å². The molecule has 1 aliphatic rings. The van der Waals surface area contributed by atoms with Crippen molar-refractivity contribution in [2.24, 2.45) is 11.3 Å². The van der Waals surface area contributed by atoms with Crippen LogP contribution in [0.1, 0.15) is 26.7 Å². The molecule has 0 unspecified atom stereocenters. The van der Waals surface area contributed by atoms with Gasteiger partial charge in [0.1, 0.15) is 5.92 Å². The predicted octanol–water partition coefficient (Wildman–Crippen LogP) is 2.76. The molecule has 1 aromatic carbocycles. The monoisotopic (exact) mass is 285 g/mol. The van der Waals surface area contributed by atoms with Crippen molar-refractivity contribution in [3.63, 3.8) is 0 Å². The van der Waals surface area contributed by atoms with Crippen molar-refractivity contribution in [1.82, 2.24) is 0 Å². The summed E-state index contributed by atoms with van der Waals surface area (Å²) in [6, 6.07) is 9.34. The first-order valence-electron chi connectivity index (χ1n) is 6.96. The van der Waals surface area contributed by atoms with Crippen LogP contribution in [0.25, 0.3) is 0 Å². The molecule has 0 radical (unpaired) electrons. The van der Waals surface area contributed by atoms with Gasteiger partial charge in [0, 0.05) is 24.7 Å². The summed E-state index contributed by atoms with van der Waals surface area (Å²) < 4.78 is 0. The zero-order valence-corrected chi connectivity index (χ0v) is 12.3. The summed E-state index contributed by atoms with van der Waals surface area (Å²) in [5.41, 5.74) is 0.501. The van der Waals surface area contributed by atoms with Crippen molar-refractivity contribution in [3.05, 3.63) is 42.6 Å². The molecule has 1 aliphatic carbocycles. The van der Waals surface area contributed by atoms with E-state index in [0.29, 0.717) is 0 Å². The van der Waals surface area contributed by atoms with Crippen molar-refractivity contribution in [2.45, 2.75) is 26.7 Å². The number of benzene rings is 1. The van der Waals surface area contributed by atoms with Gasteiger partial charge in [-0.3, -0.25) is 14.4 Å². The van der Waals surface area contributed by atoms with E-state index in [1.54, 1.807) is 0 Å². The fraction of sp³-hybridized carbons (Fsp3) is 0.353. The molecule has 0 saturated heterocycles. The predicted molar refractivity (Wildman–Crippen MR) is 80.7 cm³/mol. The molecule has 0 aliphatic heterocycles. The lowest BCUT2D eigenvalue weighted by Crippen LogP contribution is -2.41. The third-order valence-electron chi connectivity index (χ3n) is 3.51. The van der Waals surface area contributed by atoms with Gasteiger partial charge in [0.15, 0.2) is 17.3 Å². The Morgan fingerprint density at radius 1 is 1.14 bits per heavy atom. The minimum atomic E-state index is -1.12. The maximum atomic E-state index is 12.1. The van der Waals surface area contributed by atoms with Crippen LogP contribution < -0.4 is 5.32 Å². The van der Waals surface area contributed by atoms with Crippen LogP contribution in [0, 0.1) is 11.3 Å². The molecule has 0 amide bonds. The number of nitrogens with one attached hydrogen (secondary N) is 1. The average molecular weight is 285 g/mol. The molecule has 21 heavy (non-hydrogen) atoms. The van der Waals surface area contributed by atoms with Crippen LogP contribution in [0.15, 0.2) is 42.6 Å². The number of para-hydroxylation sites is 1. The smallest absolute Gasteiger partial charge is 0.175 e. The Hall–Kier alpha value is -2.23. The van der Waals surface area contributed by atoms with Gasteiger partial charge in [0.2, 0.25) is 0 Å². The van der Waals surface area contributed by atoms with Crippen molar-refractivity contribution in [2.75, 3.05) is 5.32 Å². The first-order valence-corrected chi connectivity index (χ1v) is 6.96. The molecular formula is C17H19NO3. The third kappa shape index (κ3) is 3.88. The Labute approximate surface area is 124 Å². The summed E-state index contributed by atoms with van der Waals surface area (Å²) in [5.74, 6) is -2.10. The number of hydrogen-bond donors (Lipinski definition) is 1. The van der Waals surface area contributed by atoms with Crippen LogP contribution in [0.2, 0.25) is 0 Å². The zero-order chi connectivity index (χ0) is 15.5. The van der Waals surface area contributed by atoms with Crippen LogP contribution in [0.3, 0.4) is 0 Å². The summed E-state index contributed by atoms with van der Waals surface area (Å²) >= 11 is 0. The molecule has 0 spiro atoms. The zero-order valence-electron chi connectivity index (χ0n) is 12.3. The number of carbonyl (C=O) groups is 3. The van der Waals surface area contributed by atoms with Gasteiger partial charge in [-0.2, -0.15) is 0 Å². The molecule has 2 rings (SSSR count). The maximum absolute atomic E-state index is 12.1. The Balaban J connectivity index is 2.00. The lowest BCUT2D eigenvalue weighted by molar-refractivity contribution is -0.143. The van der Waals surface area contributed by atoms with Gasteiger partial charge in [-0.1, -0.05) is 32.0 Å². The fourth-order valence-electron chi connectivity index (χ4n) is 2.56. The highest BCUT2D eigenvalue weighted by atomic mass is 16.2. The van der Waals surface area contributed by atoms with Crippen molar-refractivity contribution in [3.8, 4) is 0 Å². The van der Waals surface area contributed by atoms with Gasteiger partial charge in [-0.25, -0.2) is 0 Å². The number of rotatable bonds is 4. The van der Waals surface area contributed by atoms with Crippen LogP contribution in [-0.2, 0) is 14.4 Å². The van der Waals surface area contributed by atoms with E-state index in [0.717, 1.165) is 5.69 Å². The second-order valence-corrected chi connectivity index (χ2v) is 6.13. The van der Waals surface area contributed by atoms with Gasteiger partial charge < -0.3 is 5.32 Å². The molecule has 1 fully saturated rings. The molecule has 4 nitrogen and oxygen atoms in total. The number of allylic oxidation sites excluding steroid dienone is 1. The number of ketones is 3. The molecule has 0 atom stereocenters. The lowest BCUT2D eigenvalue weighted by Gasteiger charge is -2.30. The summed E-state index contributed by atoms with van der Waals surface area (Å²) in [5, 5.41) is 2.94. The average Bonchev–Trinajstić information content (AvgIpc) is 2.37. The summed E-state index contributed by atoms with van der Waals surface area (Å²) in [6.45, 7) is 3.74. The van der Waals surface area contributed by atoms with E-state index in [4.69, 9.17) is 0 Å². The SMILES string of the molecule is CC1(C)CC(=O)C(C(=O)/C=C\Nc2ccccc2)C(=O)C1. The van der Waals surface area contributed by atoms with Gasteiger partial charge in [-0.15, -0.1) is 0 Å². The Kier molecular flexibility index (Phi) is 4.36. The van der Waals surface area contributed by atoms with E-state index in [2.05, 4.69) is 5.32 Å². The normalized spacial score (nSPS) is 19.0. The van der Waals surface area contributed by atoms with E-state index in [-0.39, 0.29) is 29.8 Å². The third-order valence-corrected chi connectivity index (χ3v) is 3.51. The fourth-order valence-corrected chi connectivity index (χ4v) is 2.56. The number of Topliss-reactive ketones (excluding diaryl/α,β-unsaturated/α-hetero) is 2. The summed E-state index contributed by atoms with van der Waals surface area (Å²) in [7, 11) is 0. The first kappa shape index (κ1) is 15.2. The molecule has 110 valence electrons. The van der Waals surface area contributed by atoms with E-state index in [1.807, 2.05) is 44.2 Å². The minimum absolute atomic E-state index is 0.273. The second kappa shape index (κ2) is 6.04. The van der Waals surface area contributed by atoms with Gasteiger partial charge in [0.25, 0.3) is 0 Å². The molecule has 1 aromatic rings. The van der Waals surface area contributed by atoms with Crippen LogP contribution >= 0.6 is 0 Å².